The minimum absolute atomic E-state index is 0.0918. The van der Waals surface area contributed by atoms with Crippen LogP contribution in [0.15, 0.2) is 5.38 Å². The van der Waals surface area contributed by atoms with Gasteiger partial charge in [-0.05, 0) is 26.7 Å². The number of nitrogens with zero attached hydrogens (tertiary/aromatic N) is 2. The van der Waals surface area contributed by atoms with E-state index in [2.05, 4.69) is 16.8 Å². The highest BCUT2D eigenvalue weighted by Gasteiger charge is 2.29. The Morgan fingerprint density at radius 1 is 1.61 bits per heavy atom. The van der Waals surface area contributed by atoms with Crippen LogP contribution >= 0.6 is 11.3 Å². The summed E-state index contributed by atoms with van der Waals surface area (Å²) >= 11 is 1.63. The molecule has 1 aliphatic rings. The predicted octanol–water partition coefficient (Wildman–Crippen LogP) is 2.84. The molecular formula is C13H20N2O2S. The van der Waals surface area contributed by atoms with E-state index in [1.165, 1.54) is 12.8 Å². The molecule has 1 aromatic heterocycles. The number of aliphatic carboxylic acids is 1. The van der Waals surface area contributed by atoms with Crippen molar-refractivity contribution in [3.05, 3.63) is 16.1 Å². The van der Waals surface area contributed by atoms with Crippen LogP contribution in [0.2, 0.25) is 0 Å². The van der Waals surface area contributed by atoms with Gasteiger partial charge in [0.15, 0.2) is 0 Å². The van der Waals surface area contributed by atoms with Crippen LogP contribution in [0.3, 0.4) is 0 Å². The highest BCUT2D eigenvalue weighted by molar-refractivity contribution is 7.09. The first kappa shape index (κ1) is 13.5. The number of aryl methyl sites for hydroxylation is 1. The molecule has 0 aliphatic heterocycles. The van der Waals surface area contributed by atoms with Crippen molar-refractivity contribution in [2.75, 3.05) is 6.54 Å². The Balaban J connectivity index is 2.14. The largest absolute Gasteiger partial charge is 0.480 e. The maximum absolute atomic E-state index is 11.0. The number of rotatable bonds is 5. The third-order valence-electron chi connectivity index (χ3n) is 3.67. The van der Waals surface area contributed by atoms with Gasteiger partial charge in [0.2, 0.25) is 0 Å². The van der Waals surface area contributed by atoms with Crippen molar-refractivity contribution in [1.29, 1.82) is 0 Å². The van der Waals surface area contributed by atoms with Crippen LogP contribution in [0, 0.1) is 6.92 Å². The lowest BCUT2D eigenvalue weighted by Gasteiger charge is -2.32. The number of aromatic nitrogens is 1. The van der Waals surface area contributed by atoms with Crippen molar-refractivity contribution in [3.63, 3.8) is 0 Å². The van der Waals surface area contributed by atoms with Crippen molar-refractivity contribution in [1.82, 2.24) is 9.88 Å². The highest BCUT2D eigenvalue weighted by atomic mass is 32.1. The third-order valence-corrected chi connectivity index (χ3v) is 4.47. The molecule has 2 rings (SSSR count). The Morgan fingerprint density at radius 3 is 2.78 bits per heavy atom. The van der Waals surface area contributed by atoms with Crippen molar-refractivity contribution in [2.24, 2.45) is 0 Å². The van der Waals surface area contributed by atoms with Crippen LogP contribution < -0.4 is 0 Å². The summed E-state index contributed by atoms with van der Waals surface area (Å²) < 4.78 is 0. The monoisotopic (exact) mass is 268 g/mol. The lowest BCUT2D eigenvalue weighted by molar-refractivity contribution is -0.139. The first-order valence-electron chi connectivity index (χ1n) is 6.47. The summed E-state index contributed by atoms with van der Waals surface area (Å²) in [7, 11) is 0. The summed E-state index contributed by atoms with van der Waals surface area (Å²) in [5.74, 6) is -0.749. The molecular weight excluding hydrogens is 248 g/mol. The van der Waals surface area contributed by atoms with Gasteiger partial charge in [0, 0.05) is 11.4 Å². The summed E-state index contributed by atoms with van der Waals surface area (Å²) in [6.45, 7) is 4.16. The molecule has 1 heterocycles. The summed E-state index contributed by atoms with van der Waals surface area (Å²) in [4.78, 5) is 17.6. The van der Waals surface area contributed by atoms with Gasteiger partial charge >= 0.3 is 5.97 Å². The van der Waals surface area contributed by atoms with Crippen LogP contribution in [0.25, 0.3) is 0 Å². The molecule has 18 heavy (non-hydrogen) atoms. The van der Waals surface area contributed by atoms with Crippen molar-refractivity contribution < 1.29 is 9.90 Å². The minimum atomic E-state index is -0.749. The van der Waals surface area contributed by atoms with Crippen LogP contribution in [-0.2, 0) is 4.79 Å². The van der Waals surface area contributed by atoms with Gasteiger partial charge in [-0.1, -0.05) is 12.8 Å². The summed E-state index contributed by atoms with van der Waals surface area (Å²) in [5.41, 5.74) is 1.01. The number of carboxylic acid groups (broad SMARTS) is 1. The Labute approximate surface area is 112 Å². The molecule has 0 radical (unpaired) electrons. The van der Waals surface area contributed by atoms with E-state index in [0.717, 1.165) is 23.5 Å². The molecule has 1 aliphatic carbocycles. The van der Waals surface area contributed by atoms with E-state index in [9.17, 15) is 4.79 Å². The molecule has 0 saturated heterocycles. The Kier molecular flexibility index (Phi) is 4.35. The fourth-order valence-corrected chi connectivity index (χ4v) is 3.42. The zero-order valence-corrected chi connectivity index (χ0v) is 11.7. The first-order chi connectivity index (χ1) is 8.58. The van der Waals surface area contributed by atoms with E-state index >= 15 is 0 Å². The van der Waals surface area contributed by atoms with Crippen molar-refractivity contribution in [3.8, 4) is 0 Å². The molecule has 0 bridgehead atoms. The summed E-state index contributed by atoms with van der Waals surface area (Å²) in [6, 6.07) is 0.493. The van der Waals surface area contributed by atoms with Crippen LogP contribution in [0.1, 0.15) is 49.4 Å². The maximum atomic E-state index is 11.0. The number of hydrogen-bond donors (Lipinski definition) is 1. The molecule has 1 atom stereocenters. The lowest BCUT2D eigenvalue weighted by atomic mass is 10.1. The number of hydrogen-bond acceptors (Lipinski definition) is 4. The molecule has 5 heteroatoms. The number of carbonyl (C=O) groups is 1. The third kappa shape index (κ3) is 3.09. The molecule has 4 nitrogen and oxygen atoms in total. The van der Waals surface area contributed by atoms with E-state index in [1.807, 2.05) is 12.3 Å². The molecule has 1 aromatic rings. The van der Waals surface area contributed by atoms with Gasteiger partial charge in [-0.2, -0.15) is 0 Å². The predicted molar refractivity (Wildman–Crippen MR) is 71.9 cm³/mol. The molecule has 0 spiro atoms. The molecule has 1 fully saturated rings. The van der Waals surface area contributed by atoms with Gasteiger partial charge in [0.25, 0.3) is 0 Å². The first-order valence-corrected chi connectivity index (χ1v) is 7.35. The normalized spacial score (nSPS) is 18.4. The topological polar surface area (TPSA) is 53.4 Å². The molecule has 1 saturated carbocycles. The summed E-state index contributed by atoms with van der Waals surface area (Å²) in [6.07, 6.45) is 4.65. The fourth-order valence-electron chi connectivity index (χ4n) is 2.72. The van der Waals surface area contributed by atoms with Crippen LogP contribution in [-0.4, -0.2) is 33.5 Å². The van der Waals surface area contributed by atoms with Gasteiger partial charge in [0.1, 0.15) is 0 Å². The SMILES string of the molecule is Cc1nc(C(C)N(CC(=O)O)C2CCCC2)cs1. The Morgan fingerprint density at radius 2 is 2.28 bits per heavy atom. The smallest absolute Gasteiger partial charge is 0.317 e. The maximum Gasteiger partial charge on any atom is 0.317 e. The van der Waals surface area contributed by atoms with Gasteiger partial charge in [-0.3, -0.25) is 9.69 Å². The van der Waals surface area contributed by atoms with E-state index in [-0.39, 0.29) is 12.6 Å². The zero-order chi connectivity index (χ0) is 13.1. The van der Waals surface area contributed by atoms with Gasteiger partial charge in [-0.25, -0.2) is 4.98 Å². The van der Waals surface area contributed by atoms with Crippen molar-refractivity contribution >= 4 is 17.3 Å². The summed E-state index contributed by atoms with van der Waals surface area (Å²) in [5, 5.41) is 12.2. The lowest BCUT2D eigenvalue weighted by Crippen LogP contribution is -2.39. The zero-order valence-electron chi connectivity index (χ0n) is 10.9. The van der Waals surface area contributed by atoms with Crippen LogP contribution in [0.5, 0.6) is 0 Å². The molecule has 1 unspecified atom stereocenters. The Bertz CT molecular complexity index is 413. The second kappa shape index (κ2) is 5.80. The van der Waals surface area contributed by atoms with E-state index in [1.54, 1.807) is 11.3 Å². The van der Waals surface area contributed by atoms with Gasteiger partial charge in [0.05, 0.1) is 23.3 Å². The number of thiazole rings is 1. The quantitative estimate of drug-likeness (QED) is 0.892. The average molecular weight is 268 g/mol. The standard InChI is InChI=1S/C13H20N2O2S/c1-9(12-8-18-10(2)14-12)15(7-13(16)17)11-5-3-4-6-11/h8-9,11H,3-7H2,1-2H3,(H,16,17). The molecule has 1 N–H and O–H groups in total. The average Bonchev–Trinajstić information content (AvgIpc) is 2.95. The van der Waals surface area contributed by atoms with Gasteiger partial charge in [-0.15, -0.1) is 11.3 Å². The van der Waals surface area contributed by atoms with Crippen LogP contribution in [0.4, 0.5) is 0 Å². The molecule has 0 aromatic carbocycles. The van der Waals surface area contributed by atoms with E-state index in [0.29, 0.717) is 6.04 Å². The fraction of sp³-hybridized carbons (Fsp3) is 0.692. The van der Waals surface area contributed by atoms with Gasteiger partial charge < -0.3 is 5.11 Å². The second-order valence-corrected chi connectivity index (χ2v) is 6.03. The molecule has 0 amide bonds. The molecule has 100 valence electrons. The minimum Gasteiger partial charge on any atom is -0.480 e. The highest BCUT2D eigenvalue weighted by Crippen LogP contribution is 2.31. The second-order valence-electron chi connectivity index (χ2n) is 4.97. The van der Waals surface area contributed by atoms with E-state index < -0.39 is 5.97 Å². The van der Waals surface area contributed by atoms with E-state index in [4.69, 9.17) is 5.11 Å². The number of carboxylic acids is 1. The Hall–Kier alpha value is -0.940. The van der Waals surface area contributed by atoms with Crippen molar-refractivity contribution in [2.45, 2.75) is 51.6 Å².